The minimum atomic E-state index is -1.07. The van der Waals surface area contributed by atoms with Gasteiger partial charge in [-0.3, -0.25) is 0 Å². The molecule has 0 spiro atoms. The summed E-state index contributed by atoms with van der Waals surface area (Å²) < 4.78 is 0.817. The van der Waals surface area contributed by atoms with Crippen molar-refractivity contribution >= 4 is 17.7 Å². The van der Waals surface area contributed by atoms with Crippen LogP contribution in [0.3, 0.4) is 0 Å². The maximum absolute atomic E-state index is 10.3. The van der Waals surface area contributed by atoms with Crippen LogP contribution in [0.4, 0.5) is 0 Å². The molecule has 0 aliphatic rings. The van der Waals surface area contributed by atoms with E-state index in [0.29, 0.717) is 5.69 Å². The molecule has 0 amide bonds. The Balaban J connectivity index is 3.15. The predicted molar refractivity (Wildman–Crippen MR) is 35.2 cm³/mol. The Hall–Kier alpha value is -1.03. The number of carbonyl (C=O) groups is 1. The van der Waals surface area contributed by atoms with Gasteiger partial charge in [-0.25, -0.2) is 4.79 Å². The average Bonchev–Trinajstić information content (AvgIpc) is 2.10. The van der Waals surface area contributed by atoms with Crippen LogP contribution in [0, 0.1) is 6.92 Å². The van der Waals surface area contributed by atoms with Gasteiger partial charge >= 0.3 is 5.97 Å². The van der Waals surface area contributed by atoms with Crippen LogP contribution in [0.5, 0.6) is 0 Å². The van der Waals surface area contributed by atoms with Crippen molar-refractivity contribution in [3.63, 3.8) is 0 Å². The molecule has 0 unspecified atom stereocenters. The number of aromatic carboxylic acids is 1. The topological polar surface area (TPSA) is 55.1 Å². The molecule has 1 aromatic rings. The van der Waals surface area contributed by atoms with Gasteiger partial charge in [-0.05, 0) is 13.0 Å². The van der Waals surface area contributed by atoms with E-state index >= 15 is 0 Å². The van der Waals surface area contributed by atoms with Crippen molar-refractivity contribution in [3.8, 4) is 0 Å². The standard InChI is InChI=1S/C5H5ClN2O2/c1-3-2-4(5(9)10)8(6)7-3/h2H,1H3,(H,9,10). The van der Waals surface area contributed by atoms with Crippen LogP contribution >= 0.6 is 11.8 Å². The van der Waals surface area contributed by atoms with E-state index < -0.39 is 5.97 Å². The summed E-state index contributed by atoms with van der Waals surface area (Å²) in [5.74, 6) is -1.07. The number of rotatable bonds is 1. The first-order chi connectivity index (χ1) is 4.61. The summed E-state index contributed by atoms with van der Waals surface area (Å²) in [5, 5.41) is 12.1. The molecule has 1 rings (SSSR count). The van der Waals surface area contributed by atoms with Gasteiger partial charge in [0.25, 0.3) is 0 Å². The van der Waals surface area contributed by atoms with Crippen LogP contribution in [-0.4, -0.2) is 20.4 Å². The molecule has 0 aliphatic heterocycles. The molecule has 0 saturated heterocycles. The number of hydrogen-bond acceptors (Lipinski definition) is 2. The number of halogens is 1. The highest BCUT2D eigenvalue weighted by Crippen LogP contribution is 2.03. The fourth-order valence-electron chi connectivity index (χ4n) is 0.613. The predicted octanol–water partition coefficient (Wildman–Crippen LogP) is 0.892. The molecule has 54 valence electrons. The summed E-state index contributed by atoms with van der Waals surface area (Å²) >= 11 is 5.36. The lowest BCUT2D eigenvalue weighted by molar-refractivity contribution is 0.0688. The first-order valence-electron chi connectivity index (χ1n) is 2.57. The Morgan fingerprint density at radius 2 is 2.50 bits per heavy atom. The second-order valence-corrected chi connectivity index (χ2v) is 2.16. The molecule has 0 aromatic carbocycles. The summed E-state index contributed by atoms with van der Waals surface area (Å²) in [7, 11) is 0. The summed E-state index contributed by atoms with van der Waals surface area (Å²) in [4.78, 5) is 10.3. The van der Waals surface area contributed by atoms with Gasteiger partial charge in [0.05, 0.1) is 5.69 Å². The van der Waals surface area contributed by atoms with Crippen molar-refractivity contribution in [1.82, 2.24) is 9.30 Å². The van der Waals surface area contributed by atoms with Gasteiger partial charge in [0, 0.05) is 11.8 Å². The second-order valence-electron chi connectivity index (χ2n) is 1.84. The van der Waals surface area contributed by atoms with E-state index in [2.05, 4.69) is 5.10 Å². The van der Waals surface area contributed by atoms with Crippen LogP contribution in [0.1, 0.15) is 16.2 Å². The minimum absolute atomic E-state index is 0.0147. The van der Waals surface area contributed by atoms with E-state index in [4.69, 9.17) is 16.9 Å². The highest BCUT2D eigenvalue weighted by atomic mass is 35.5. The SMILES string of the molecule is Cc1cc(C(=O)O)n(Cl)n1. The summed E-state index contributed by atoms with van der Waals surface area (Å²) in [6, 6.07) is 1.40. The molecule has 1 aromatic heterocycles. The average molecular weight is 161 g/mol. The zero-order valence-electron chi connectivity index (χ0n) is 5.21. The number of nitrogens with zero attached hydrogens (tertiary/aromatic N) is 2. The molecule has 0 fully saturated rings. The minimum Gasteiger partial charge on any atom is -0.476 e. The van der Waals surface area contributed by atoms with E-state index in [-0.39, 0.29) is 5.69 Å². The third kappa shape index (κ3) is 1.11. The van der Waals surface area contributed by atoms with Crippen molar-refractivity contribution in [3.05, 3.63) is 17.5 Å². The molecule has 0 bridgehead atoms. The van der Waals surface area contributed by atoms with Crippen molar-refractivity contribution in [2.45, 2.75) is 6.92 Å². The van der Waals surface area contributed by atoms with Gasteiger partial charge in [0.1, 0.15) is 0 Å². The normalized spacial score (nSPS) is 9.80. The zero-order chi connectivity index (χ0) is 7.72. The number of aromatic nitrogens is 2. The summed E-state index contributed by atoms with van der Waals surface area (Å²) in [5.41, 5.74) is 0.576. The highest BCUT2D eigenvalue weighted by Gasteiger charge is 2.09. The highest BCUT2D eigenvalue weighted by molar-refractivity contribution is 6.16. The van der Waals surface area contributed by atoms with Crippen LogP contribution in [0.25, 0.3) is 0 Å². The van der Waals surface area contributed by atoms with Gasteiger partial charge in [-0.15, -0.1) is 0 Å². The van der Waals surface area contributed by atoms with Gasteiger partial charge in [0.2, 0.25) is 0 Å². The third-order valence-corrected chi connectivity index (χ3v) is 1.27. The fourth-order valence-corrected chi connectivity index (χ4v) is 0.853. The van der Waals surface area contributed by atoms with Crippen molar-refractivity contribution in [1.29, 1.82) is 0 Å². The summed E-state index contributed by atoms with van der Waals surface area (Å²) in [6.07, 6.45) is 0. The molecule has 0 saturated carbocycles. The molecule has 10 heavy (non-hydrogen) atoms. The largest absolute Gasteiger partial charge is 0.476 e. The van der Waals surface area contributed by atoms with E-state index in [9.17, 15) is 4.79 Å². The third-order valence-electron chi connectivity index (χ3n) is 1.01. The Bertz CT molecular complexity index is 269. The van der Waals surface area contributed by atoms with Crippen molar-refractivity contribution in [2.75, 3.05) is 0 Å². The Morgan fingerprint density at radius 1 is 1.90 bits per heavy atom. The maximum atomic E-state index is 10.3. The lowest BCUT2D eigenvalue weighted by atomic mass is 10.4. The number of aryl methyl sites for hydroxylation is 1. The Labute approximate surface area is 62.1 Å². The molecule has 0 aliphatic carbocycles. The van der Waals surface area contributed by atoms with E-state index in [1.54, 1.807) is 6.92 Å². The lowest BCUT2D eigenvalue weighted by Gasteiger charge is -1.87. The first kappa shape index (κ1) is 7.08. The molecule has 0 radical (unpaired) electrons. The monoisotopic (exact) mass is 160 g/mol. The lowest BCUT2D eigenvalue weighted by Crippen LogP contribution is -2.00. The van der Waals surface area contributed by atoms with Gasteiger partial charge in [-0.2, -0.15) is 9.30 Å². The van der Waals surface area contributed by atoms with Crippen molar-refractivity contribution < 1.29 is 9.90 Å². The van der Waals surface area contributed by atoms with E-state index in [1.165, 1.54) is 6.07 Å². The van der Waals surface area contributed by atoms with Crippen LogP contribution < -0.4 is 0 Å². The molecule has 4 nitrogen and oxygen atoms in total. The van der Waals surface area contributed by atoms with Crippen LogP contribution in [0.2, 0.25) is 0 Å². The number of carboxylic acid groups (broad SMARTS) is 1. The van der Waals surface area contributed by atoms with Crippen molar-refractivity contribution in [2.24, 2.45) is 0 Å². The second kappa shape index (κ2) is 2.30. The van der Waals surface area contributed by atoms with Crippen LogP contribution in [0.15, 0.2) is 6.07 Å². The van der Waals surface area contributed by atoms with Gasteiger partial charge in [0.15, 0.2) is 5.69 Å². The molecule has 1 heterocycles. The summed E-state index contributed by atoms with van der Waals surface area (Å²) in [6.45, 7) is 1.67. The smallest absolute Gasteiger partial charge is 0.355 e. The fraction of sp³-hybridized carbons (Fsp3) is 0.200. The van der Waals surface area contributed by atoms with Gasteiger partial charge in [-0.1, -0.05) is 0 Å². The molecular weight excluding hydrogens is 156 g/mol. The van der Waals surface area contributed by atoms with E-state index in [1.807, 2.05) is 0 Å². The maximum Gasteiger partial charge on any atom is 0.355 e. The Morgan fingerprint density at radius 3 is 2.70 bits per heavy atom. The number of carboxylic acids is 1. The molecule has 1 N–H and O–H groups in total. The van der Waals surface area contributed by atoms with Gasteiger partial charge < -0.3 is 5.11 Å². The first-order valence-corrected chi connectivity index (χ1v) is 2.91. The molecular formula is C5H5ClN2O2. The van der Waals surface area contributed by atoms with Crippen LogP contribution in [-0.2, 0) is 0 Å². The van der Waals surface area contributed by atoms with E-state index in [0.717, 1.165) is 4.20 Å². The zero-order valence-corrected chi connectivity index (χ0v) is 5.96. The Kier molecular flexibility index (Phi) is 1.63. The molecule has 0 atom stereocenters. The molecule has 5 heteroatoms. The quantitative estimate of drug-likeness (QED) is 0.664. The number of hydrogen-bond donors (Lipinski definition) is 1.